The van der Waals surface area contributed by atoms with Crippen molar-refractivity contribution in [2.75, 3.05) is 6.61 Å². The van der Waals surface area contributed by atoms with Crippen molar-refractivity contribution >= 4 is 10.9 Å². The maximum atomic E-state index is 5.94. The van der Waals surface area contributed by atoms with Crippen molar-refractivity contribution in [2.24, 2.45) is 5.92 Å². The molecule has 3 aliphatic carbocycles. The van der Waals surface area contributed by atoms with Gasteiger partial charge in [0.15, 0.2) is 0 Å². The van der Waals surface area contributed by atoms with Crippen molar-refractivity contribution < 1.29 is 4.74 Å². The van der Waals surface area contributed by atoms with Gasteiger partial charge in [0.05, 0.1) is 17.8 Å². The Labute approximate surface area is 170 Å². The first-order chi connectivity index (χ1) is 13.8. The summed E-state index contributed by atoms with van der Waals surface area (Å²) < 4.78 is 5.94. The first-order valence-electron chi connectivity index (χ1n) is 11.5. The van der Waals surface area contributed by atoms with Crippen LogP contribution in [0.2, 0.25) is 0 Å². The van der Waals surface area contributed by atoms with Crippen molar-refractivity contribution in [2.45, 2.75) is 89.6 Å². The van der Waals surface area contributed by atoms with Gasteiger partial charge in [0.2, 0.25) is 0 Å². The van der Waals surface area contributed by atoms with Crippen LogP contribution in [0.1, 0.15) is 83.2 Å². The minimum atomic E-state index is 0.389. The molecule has 3 nitrogen and oxygen atoms in total. The predicted octanol–water partition coefficient (Wildman–Crippen LogP) is 6.40. The molecule has 0 spiro atoms. The molecule has 2 bridgehead atoms. The number of benzene rings is 1. The van der Waals surface area contributed by atoms with Gasteiger partial charge in [0.1, 0.15) is 5.75 Å². The van der Waals surface area contributed by atoms with Crippen molar-refractivity contribution in [3.63, 3.8) is 0 Å². The van der Waals surface area contributed by atoms with Gasteiger partial charge in [-0.3, -0.25) is 4.98 Å². The fourth-order valence-corrected chi connectivity index (χ4v) is 5.02. The Morgan fingerprint density at radius 2 is 1.79 bits per heavy atom. The highest BCUT2D eigenvalue weighted by Crippen LogP contribution is 2.44. The zero-order chi connectivity index (χ0) is 19.2. The number of nitrogens with one attached hydrogen (secondary N) is 1. The van der Waals surface area contributed by atoms with E-state index in [1.165, 1.54) is 69.6 Å². The number of aromatic nitrogens is 1. The molecule has 0 aliphatic heterocycles. The molecule has 0 atom stereocenters. The summed E-state index contributed by atoms with van der Waals surface area (Å²) in [6.45, 7) is 3.95. The lowest BCUT2D eigenvalue weighted by atomic mass is 9.66. The highest BCUT2D eigenvalue weighted by molar-refractivity contribution is 5.80. The Bertz CT molecular complexity index is 750. The second-order valence-corrected chi connectivity index (χ2v) is 9.04. The second-order valence-electron chi connectivity index (χ2n) is 9.04. The van der Waals surface area contributed by atoms with E-state index in [4.69, 9.17) is 9.72 Å². The Kier molecular flexibility index (Phi) is 6.51. The lowest BCUT2D eigenvalue weighted by Crippen LogP contribution is -2.51. The van der Waals surface area contributed by atoms with Crippen LogP contribution in [0.25, 0.3) is 10.9 Å². The smallest absolute Gasteiger partial charge is 0.120 e. The molecular weight excluding hydrogens is 344 g/mol. The predicted molar refractivity (Wildman–Crippen MR) is 117 cm³/mol. The van der Waals surface area contributed by atoms with Gasteiger partial charge >= 0.3 is 0 Å². The topological polar surface area (TPSA) is 34.1 Å². The number of hydrogen-bond donors (Lipinski definition) is 1. The van der Waals surface area contributed by atoms with E-state index >= 15 is 0 Å². The van der Waals surface area contributed by atoms with E-state index in [9.17, 15) is 0 Å². The molecule has 5 rings (SSSR count). The summed E-state index contributed by atoms with van der Waals surface area (Å²) in [5.74, 6) is 1.98. The molecule has 1 heterocycles. The summed E-state index contributed by atoms with van der Waals surface area (Å²) in [6.07, 6.45) is 14.7. The molecule has 1 aromatic heterocycles. The first kappa shape index (κ1) is 19.7. The molecule has 152 valence electrons. The van der Waals surface area contributed by atoms with E-state index in [2.05, 4.69) is 42.6 Å². The van der Waals surface area contributed by atoms with Gasteiger partial charge < -0.3 is 10.1 Å². The molecular formula is C25H36N2O. The summed E-state index contributed by atoms with van der Waals surface area (Å²) in [5.41, 5.74) is 2.61. The SMILES string of the molecule is CCCCCCCOc1ccc2nc(CNC34CCC(CC3)CC4)ccc2c1. The van der Waals surface area contributed by atoms with E-state index in [0.717, 1.165) is 42.5 Å². The standard InChI is InChI=1S/C25H36N2O/c1-2-3-4-5-6-17-28-23-9-10-24-21(18-23)7-8-22(27-24)19-26-25-14-11-20(12-15-25)13-16-25/h7-10,18,20,26H,2-6,11-17,19H2,1H3. The zero-order valence-electron chi connectivity index (χ0n) is 17.5. The Balaban J connectivity index is 1.30. The number of pyridine rings is 1. The fraction of sp³-hybridized carbons (Fsp3) is 0.640. The third kappa shape index (κ3) is 4.86. The summed E-state index contributed by atoms with van der Waals surface area (Å²) in [6, 6.07) is 10.7. The average molecular weight is 381 g/mol. The monoisotopic (exact) mass is 380 g/mol. The lowest BCUT2D eigenvalue weighted by molar-refractivity contribution is 0.103. The van der Waals surface area contributed by atoms with Crippen LogP contribution in [0, 0.1) is 5.92 Å². The number of unbranched alkanes of at least 4 members (excludes halogenated alkanes) is 4. The summed E-state index contributed by atoms with van der Waals surface area (Å²) >= 11 is 0. The summed E-state index contributed by atoms with van der Waals surface area (Å²) in [5, 5.41) is 5.05. The molecule has 3 heteroatoms. The zero-order valence-corrected chi connectivity index (χ0v) is 17.5. The van der Waals surface area contributed by atoms with Gasteiger partial charge in [0, 0.05) is 17.5 Å². The van der Waals surface area contributed by atoms with Crippen LogP contribution in [0.4, 0.5) is 0 Å². The number of ether oxygens (including phenoxy) is 1. The average Bonchev–Trinajstić information content (AvgIpc) is 2.76. The number of fused-ring (bicyclic) bond motifs is 4. The fourth-order valence-electron chi connectivity index (χ4n) is 5.02. The van der Waals surface area contributed by atoms with Crippen molar-refractivity contribution in [3.05, 3.63) is 36.0 Å². The maximum absolute atomic E-state index is 5.94. The molecule has 0 unspecified atom stereocenters. The second kappa shape index (κ2) is 9.26. The molecule has 28 heavy (non-hydrogen) atoms. The van der Waals surface area contributed by atoms with E-state index in [0.29, 0.717) is 5.54 Å². The van der Waals surface area contributed by atoms with Gasteiger partial charge in [-0.15, -0.1) is 0 Å². The minimum Gasteiger partial charge on any atom is -0.494 e. The van der Waals surface area contributed by atoms with Crippen LogP contribution in [0.15, 0.2) is 30.3 Å². The first-order valence-corrected chi connectivity index (χ1v) is 11.5. The van der Waals surface area contributed by atoms with Crippen LogP contribution in [0.5, 0.6) is 5.75 Å². The van der Waals surface area contributed by atoms with Crippen LogP contribution in [0.3, 0.4) is 0 Å². The number of hydrogen-bond acceptors (Lipinski definition) is 3. The Hall–Kier alpha value is -1.61. The molecule has 3 fully saturated rings. The van der Waals surface area contributed by atoms with Gasteiger partial charge in [-0.1, -0.05) is 38.7 Å². The lowest BCUT2D eigenvalue weighted by Gasteiger charge is -2.47. The third-order valence-corrected chi connectivity index (χ3v) is 6.97. The third-order valence-electron chi connectivity index (χ3n) is 6.97. The summed E-state index contributed by atoms with van der Waals surface area (Å²) in [4.78, 5) is 4.89. The Morgan fingerprint density at radius 3 is 2.57 bits per heavy atom. The Morgan fingerprint density at radius 1 is 1.00 bits per heavy atom. The van der Waals surface area contributed by atoms with Crippen LogP contribution in [-0.2, 0) is 6.54 Å². The largest absolute Gasteiger partial charge is 0.494 e. The number of nitrogens with zero attached hydrogens (tertiary/aromatic N) is 1. The van der Waals surface area contributed by atoms with Gasteiger partial charge in [0.25, 0.3) is 0 Å². The molecule has 3 aliphatic rings. The van der Waals surface area contributed by atoms with E-state index < -0.39 is 0 Å². The van der Waals surface area contributed by atoms with Crippen molar-refractivity contribution in [1.29, 1.82) is 0 Å². The molecule has 0 radical (unpaired) electrons. The van der Waals surface area contributed by atoms with Crippen molar-refractivity contribution in [1.82, 2.24) is 10.3 Å². The summed E-state index contributed by atoms with van der Waals surface area (Å²) in [7, 11) is 0. The molecule has 0 amide bonds. The van der Waals surface area contributed by atoms with Crippen LogP contribution >= 0.6 is 0 Å². The molecule has 1 aromatic carbocycles. The molecule has 0 saturated heterocycles. The van der Waals surface area contributed by atoms with E-state index in [1.54, 1.807) is 0 Å². The van der Waals surface area contributed by atoms with E-state index in [1.807, 2.05) is 0 Å². The highest BCUT2D eigenvalue weighted by Gasteiger charge is 2.39. The van der Waals surface area contributed by atoms with Gasteiger partial charge in [-0.2, -0.15) is 0 Å². The molecule has 2 aromatic rings. The van der Waals surface area contributed by atoms with Crippen LogP contribution < -0.4 is 10.1 Å². The highest BCUT2D eigenvalue weighted by atomic mass is 16.5. The molecule has 3 saturated carbocycles. The normalized spacial score (nSPS) is 24.0. The van der Waals surface area contributed by atoms with Gasteiger partial charge in [-0.25, -0.2) is 0 Å². The molecule has 1 N–H and O–H groups in total. The van der Waals surface area contributed by atoms with Crippen molar-refractivity contribution in [3.8, 4) is 5.75 Å². The van der Waals surface area contributed by atoms with Crippen LogP contribution in [-0.4, -0.2) is 17.1 Å². The number of rotatable bonds is 10. The van der Waals surface area contributed by atoms with E-state index in [-0.39, 0.29) is 0 Å². The van der Waals surface area contributed by atoms with Gasteiger partial charge in [-0.05, 0) is 75.1 Å². The maximum Gasteiger partial charge on any atom is 0.120 e. The quantitative estimate of drug-likeness (QED) is 0.484. The minimum absolute atomic E-state index is 0.389.